The molecule has 5 nitrogen and oxygen atoms in total. The van der Waals surface area contributed by atoms with Gasteiger partial charge in [-0.25, -0.2) is 0 Å². The van der Waals surface area contributed by atoms with E-state index in [1.807, 2.05) is 0 Å². The number of nitrogens with zero attached hydrogens (tertiary/aromatic N) is 1. The summed E-state index contributed by atoms with van der Waals surface area (Å²) in [6, 6.07) is 8.47. The summed E-state index contributed by atoms with van der Waals surface area (Å²) >= 11 is 0. The molecule has 33 heavy (non-hydrogen) atoms. The monoisotopic (exact) mass is 449 g/mol. The molecular weight excluding hydrogens is 410 g/mol. The van der Waals surface area contributed by atoms with Crippen LogP contribution in [0.5, 0.6) is 0 Å². The van der Waals surface area contributed by atoms with Crippen molar-refractivity contribution < 1.29 is 9.59 Å². The Morgan fingerprint density at radius 3 is 2.12 bits per heavy atom. The van der Waals surface area contributed by atoms with Gasteiger partial charge in [-0.05, 0) is 94.3 Å². The van der Waals surface area contributed by atoms with E-state index in [9.17, 15) is 9.59 Å². The molecule has 1 aromatic carbocycles. The van der Waals surface area contributed by atoms with E-state index < -0.39 is 0 Å². The molecule has 0 unspecified atom stereocenters. The van der Waals surface area contributed by atoms with Gasteiger partial charge in [-0.1, -0.05) is 42.0 Å². The molecule has 2 saturated carbocycles. The van der Waals surface area contributed by atoms with Crippen molar-refractivity contribution in [2.75, 3.05) is 32.7 Å². The van der Waals surface area contributed by atoms with Crippen molar-refractivity contribution in [2.24, 2.45) is 29.1 Å². The van der Waals surface area contributed by atoms with Crippen LogP contribution >= 0.6 is 0 Å². The molecule has 0 radical (unpaired) electrons. The number of likely N-dealkylation sites (tertiary alicyclic amines) is 1. The van der Waals surface area contributed by atoms with Crippen molar-refractivity contribution in [3.63, 3.8) is 0 Å². The van der Waals surface area contributed by atoms with Crippen LogP contribution in [0, 0.1) is 36.0 Å². The highest BCUT2D eigenvalue weighted by Crippen LogP contribution is 2.72. The second-order valence-corrected chi connectivity index (χ2v) is 10.8. The molecule has 1 saturated heterocycles. The summed E-state index contributed by atoms with van der Waals surface area (Å²) in [5, 5.41) is 6.37. The molecular formula is C28H39N3O2. The first-order valence-electron chi connectivity index (χ1n) is 13.1. The van der Waals surface area contributed by atoms with E-state index in [2.05, 4.69) is 58.9 Å². The SMILES string of the molecule is Cc1ccc(CCNC(=O)[C@H]2[C@H](C(=O)NCCCCN3CCCC3)[C@H]3C=C[C@@H]2C32CC2)cc1. The number of unbranched alkanes of at least 4 members (excludes halogenated alkanes) is 1. The second-order valence-electron chi connectivity index (χ2n) is 10.8. The number of rotatable bonds is 10. The molecule has 2 amide bonds. The van der Waals surface area contributed by atoms with Crippen molar-refractivity contribution >= 4 is 11.8 Å². The van der Waals surface area contributed by atoms with Crippen LogP contribution in [-0.4, -0.2) is 49.4 Å². The molecule has 1 aromatic rings. The summed E-state index contributed by atoms with van der Waals surface area (Å²) < 4.78 is 0. The lowest BCUT2D eigenvalue weighted by atomic mass is 9.81. The van der Waals surface area contributed by atoms with Gasteiger partial charge < -0.3 is 15.5 Å². The van der Waals surface area contributed by atoms with E-state index >= 15 is 0 Å². The summed E-state index contributed by atoms with van der Waals surface area (Å²) in [6.45, 7) is 7.03. The maximum absolute atomic E-state index is 13.3. The molecule has 5 heteroatoms. The van der Waals surface area contributed by atoms with Gasteiger partial charge in [0.15, 0.2) is 0 Å². The Balaban J connectivity index is 1.14. The van der Waals surface area contributed by atoms with E-state index in [1.54, 1.807) is 0 Å². The Morgan fingerprint density at radius 1 is 0.909 bits per heavy atom. The van der Waals surface area contributed by atoms with E-state index in [0.717, 1.165) is 45.2 Å². The first-order chi connectivity index (χ1) is 16.1. The van der Waals surface area contributed by atoms with E-state index in [0.29, 0.717) is 6.54 Å². The minimum absolute atomic E-state index is 0.0689. The average molecular weight is 450 g/mol. The zero-order valence-electron chi connectivity index (χ0n) is 20.0. The van der Waals surface area contributed by atoms with Crippen LogP contribution in [0.3, 0.4) is 0 Å². The molecule has 1 aliphatic heterocycles. The van der Waals surface area contributed by atoms with Gasteiger partial charge in [-0.15, -0.1) is 0 Å². The molecule has 178 valence electrons. The van der Waals surface area contributed by atoms with Gasteiger partial charge in [0.25, 0.3) is 0 Å². The topological polar surface area (TPSA) is 61.4 Å². The standard InChI is InChI=1S/C28H39N3O2/c1-20-6-8-21(9-7-20)12-16-30-27(33)25-23-11-10-22(28(23)13-14-28)24(25)26(32)29-15-2-3-17-31-18-4-5-19-31/h6-11,22-25H,2-5,12-19H2,1H3,(H,29,32)(H,30,33)/t22-,23+,24-,25-/m1/s1. The van der Waals surface area contributed by atoms with Gasteiger partial charge in [0.1, 0.15) is 0 Å². The van der Waals surface area contributed by atoms with E-state index in [-0.39, 0.29) is 40.9 Å². The first kappa shape index (κ1) is 22.6. The number of aryl methyl sites for hydroxylation is 1. The summed E-state index contributed by atoms with van der Waals surface area (Å²) in [6.07, 6.45) is 12.4. The Morgan fingerprint density at radius 2 is 1.52 bits per heavy atom. The number of allylic oxidation sites excluding steroid dienone is 2. The normalized spacial score (nSPS) is 29.0. The first-order valence-corrected chi connectivity index (χ1v) is 13.1. The maximum atomic E-state index is 13.3. The summed E-state index contributed by atoms with van der Waals surface area (Å²) in [5.74, 6) is 0.204. The number of hydrogen-bond acceptors (Lipinski definition) is 3. The minimum atomic E-state index is -0.217. The van der Waals surface area contributed by atoms with Crippen LogP contribution < -0.4 is 10.6 Å². The van der Waals surface area contributed by atoms with Gasteiger partial charge in [0.2, 0.25) is 11.8 Å². The molecule has 2 N–H and O–H groups in total. The van der Waals surface area contributed by atoms with E-state index in [4.69, 9.17) is 0 Å². The largest absolute Gasteiger partial charge is 0.356 e. The molecule has 1 heterocycles. The fourth-order valence-corrected chi connectivity index (χ4v) is 6.71. The number of benzene rings is 1. The molecule has 5 rings (SSSR count). The fourth-order valence-electron chi connectivity index (χ4n) is 6.71. The molecule has 3 aliphatic carbocycles. The molecule has 0 aromatic heterocycles. The number of carbonyl (C=O) groups excluding carboxylic acids is 2. The second kappa shape index (κ2) is 9.61. The quantitative estimate of drug-likeness (QED) is 0.425. The van der Waals surface area contributed by atoms with Crippen LogP contribution in [-0.2, 0) is 16.0 Å². The van der Waals surface area contributed by atoms with Crippen molar-refractivity contribution in [1.82, 2.24) is 15.5 Å². The minimum Gasteiger partial charge on any atom is -0.356 e. The number of hydrogen-bond donors (Lipinski definition) is 2. The van der Waals surface area contributed by atoms with Gasteiger partial charge in [0, 0.05) is 13.1 Å². The van der Waals surface area contributed by atoms with Crippen molar-refractivity contribution in [3.05, 3.63) is 47.5 Å². The zero-order chi connectivity index (χ0) is 22.8. The smallest absolute Gasteiger partial charge is 0.224 e. The molecule has 3 fully saturated rings. The molecule has 1 spiro atoms. The zero-order valence-corrected chi connectivity index (χ0v) is 20.0. The van der Waals surface area contributed by atoms with Gasteiger partial charge in [-0.2, -0.15) is 0 Å². The van der Waals surface area contributed by atoms with Gasteiger partial charge >= 0.3 is 0 Å². The highest BCUT2D eigenvalue weighted by molar-refractivity contribution is 5.90. The Bertz CT molecular complexity index is 883. The van der Waals surface area contributed by atoms with Crippen LogP contribution in [0.25, 0.3) is 0 Å². The van der Waals surface area contributed by atoms with Gasteiger partial charge in [-0.3, -0.25) is 9.59 Å². The Labute approximate surface area is 198 Å². The highest BCUT2D eigenvalue weighted by Gasteiger charge is 2.69. The summed E-state index contributed by atoms with van der Waals surface area (Å²) in [5.41, 5.74) is 2.67. The predicted molar refractivity (Wildman–Crippen MR) is 131 cm³/mol. The Kier molecular flexibility index (Phi) is 6.60. The summed E-state index contributed by atoms with van der Waals surface area (Å²) in [7, 11) is 0. The lowest BCUT2D eigenvalue weighted by Gasteiger charge is -2.26. The summed E-state index contributed by atoms with van der Waals surface area (Å²) in [4.78, 5) is 29.1. The van der Waals surface area contributed by atoms with Crippen molar-refractivity contribution in [2.45, 2.75) is 51.9 Å². The predicted octanol–water partition coefficient (Wildman–Crippen LogP) is 3.47. The lowest BCUT2D eigenvalue weighted by Crippen LogP contribution is -2.44. The van der Waals surface area contributed by atoms with Crippen molar-refractivity contribution in [3.8, 4) is 0 Å². The van der Waals surface area contributed by atoms with E-state index in [1.165, 1.54) is 37.1 Å². The van der Waals surface area contributed by atoms with Gasteiger partial charge in [0.05, 0.1) is 11.8 Å². The molecule has 2 bridgehead atoms. The fraction of sp³-hybridized carbons (Fsp3) is 0.643. The van der Waals surface area contributed by atoms with Crippen LogP contribution in [0.15, 0.2) is 36.4 Å². The third-order valence-electron chi connectivity index (χ3n) is 8.68. The van der Waals surface area contributed by atoms with Crippen LogP contribution in [0.1, 0.15) is 49.7 Å². The maximum Gasteiger partial charge on any atom is 0.224 e. The third-order valence-corrected chi connectivity index (χ3v) is 8.68. The molecule has 4 atom stereocenters. The van der Waals surface area contributed by atoms with Crippen LogP contribution in [0.4, 0.5) is 0 Å². The lowest BCUT2D eigenvalue weighted by molar-refractivity contribution is -0.135. The molecule has 4 aliphatic rings. The van der Waals surface area contributed by atoms with Crippen molar-refractivity contribution in [1.29, 1.82) is 0 Å². The number of amides is 2. The highest BCUT2D eigenvalue weighted by atomic mass is 16.2. The average Bonchev–Trinajstić information content (AvgIpc) is 3.17. The number of carbonyl (C=O) groups is 2. The number of nitrogens with one attached hydrogen (secondary N) is 2. The Hall–Kier alpha value is -2.14. The third kappa shape index (κ3) is 4.62. The van der Waals surface area contributed by atoms with Crippen LogP contribution in [0.2, 0.25) is 0 Å².